The van der Waals surface area contributed by atoms with E-state index in [4.69, 9.17) is 19.2 Å². The molecule has 0 saturated heterocycles. The van der Waals surface area contributed by atoms with E-state index in [9.17, 15) is 0 Å². The first-order valence-corrected chi connectivity index (χ1v) is 30.1. The lowest BCUT2D eigenvalue weighted by Gasteiger charge is -2.35. The first-order chi connectivity index (χ1) is 41.1. The molecule has 0 fully saturated rings. The Bertz CT molecular complexity index is 4510. The minimum atomic E-state index is -0.189. The van der Waals surface area contributed by atoms with Crippen LogP contribution in [0, 0.1) is 6.33 Å². The van der Waals surface area contributed by atoms with Gasteiger partial charge in [-0.2, -0.15) is 0 Å². The van der Waals surface area contributed by atoms with E-state index in [1.807, 2.05) is 6.20 Å². The highest BCUT2D eigenvalue weighted by atomic mass is 16.5. The van der Waals surface area contributed by atoms with Crippen LogP contribution in [-0.4, -0.2) is 20.8 Å². The van der Waals surface area contributed by atoms with Crippen LogP contribution < -0.4 is 35.2 Å². The van der Waals surface area contributed by atoms with Crippen molar-refractivity contribution in [2.75, 3.05) is 0 Å². The second-order valence-corrected chi connectivity index (χ2v) is 27.6. The van der Waals surface area contributed by atoms with Crippen molar-refractivity contribution in [2.45, 2.75) is 105 Å². The highest BCUT2D eigenvalue weighted by molar-refractivity contribution is 6.98. The average Bonchev–Trinajstić information content (AvgIpc) is 1.48. The normalized spacial score (nSPS) is 13.0. The Morgan fingerprint density at radius 3 is 1.64 bits per heavy atom. The van der Waals surface area contributed by atoms with Crippen LogP contribution in [0.2, 0.25) is 0 Å². The summed E-state index contributed by atoms with van der Waals surface area (Å²) < 4.78 is 27.7. The third-order valence-corrected chi connectivity index (χ3v) is 17.4. The maximum absolute atomic E-state index is 7.09. The number of rotatable bonds is 8. The number of hydrogen-bond acceptors (Lipinski definition) is 4. The van der Waals surface area contributed by atoms with Crippen LogP contribution in [0.1, 0.15) is 105 Å². The molecule has 7 nitrogen and oxygen atoms in total. The van der Waals surface area contributed by atoms with Crippen molar-refractivity contribution in [1.82, 2.24) is 14.1 Å². The Kier molecular flexibility index (Phi) is 12.8. The molecule has 424 valence electrons. The van der Waals surface area contributed by atoms with Gasteiger partial charge in [-0.1, -0.05) is 192 Å². The van der Waals surface area contributed by atoms with Gasteiger partial charge in [-0.3, -0.25) is 13.7 Å². The van der Waals surface area contributed by atoms with Crippen molar-refractivity contribution in [2.24, 2.45) is 0 Å². The lowest BCUT2D eigenvalue weighted by Crippen LogP contribution is -2.57. The fourth-order valence-electron chi connectivity index (χ4n) is 12.5. The zero-order valence-corrected chi connectivity index (χ0v) is 51.3. The van der Waals surface area contributed by atoms with Crippen LogP contribution in [0.25, 0.3) is 72.4 Å². The highest BCUT2D eigenvalue weighted by Crippen LogP contribution is 2.44. The Morgan fingerprint density at radius 1 is 0.453 bits per heavy atom. The summed E-state index contributed by atoms with van der Waals surface area (Å²) in [6.45, 7) is 27.0. The van der Waals surface area contributed by atoms with E-state index in [0.29, 0.717) is 5.75 Å². The quantitative estimate of drug-likeness (QED) is 0.0864. The van der Waals surface area contributed by atoms with Crippen molar-refractivity contribution in [3.05, 3.63) is 241 Å². The van der Waals surface area contributed by atoms with E-state index < -0.39 is 0 Å². The van der Waals surface area contributed by atoms with E-state index in [0.717, 1.165) is 123 Å². The summed E-state index contributed by atoms with van der Waals surface area (Å²) in [7, 11) is 0. The van der Waals surface area contributed by atoms with E-state index in [1.54, 1.807) is 0 Å². The predicted molar refractivity (Wildman–Crippen MR) is 354 cm³/mol. The minimum Gasteiger partial charge on any atom is -0.458 e. The third kappa shape index (κ3) is 9.75. The molecule has 0 spiro atoms. The van der Waals surface area contributed by atoms with Gasteiger partial charge in [0.1, 0.15) is 40.3 Å². The van der Waals surface area contributed by atoms with Gasteiger partial charge in [0.25, 0.3) is 13.0 Å². The fourth-order valence-corrected chi connectivity index (χ4v) is 12.5. The van der Waals surface area contributed by atoms with Gasteiger partial charge in [0.15, 0.2) is 0 Å². The molecule has 8 heteroatoms. The third-order valence-electron chi connectivity index (χ3n) is 17.4. The van der Waals surface area contributed by atoms with Crippen LogP contribution in [-0.2, 0) is 21.7 Å². The van der Waals surface area contributed by atoms with E-state index >= 15 is 0 Å². The van der Waals surface area contributed by atoms with Crippen LogP contribution in [0.5, 0.6) is 34.5 Å². The summed E-state index contributed by atoms with van der Waals surface area (Å²) in [4.78, 5) is 5.09. The number of benzene rings is 9. The molecule has 0 unspecified atom stereocenters. The number of fused-ring (bicyclic) bond motifs is 7. The van der Waals surface area contributed by atoms with Crippen LogP contribution in [0.3, 0.4) is 0 Å². The molecule has 0 bridgehead atoms. The second kappa shape index (κ2) is 20.1. The molecule has 0 N–H and O–H groups in total. The van der Waals surface area contributed by atoms with E-state index in [2.05, 4.69) is 310 Å². The van der Waals surface area contributed by atoms with E-state index in [-0.39, 0.29) is 28.4 Å². The monoisotopic (exact) mass is 1120 g/mol. The number of aromatic nitrogens is 4. The maximum Gasteiger partial charge on any atom is 0.268 e. The molecule has 9 aromatic carbocycles. The number of para-hydroxylation sites is 1. The van der Waals surface area contributed by atoms with Gasteiger partial charge in [0.05, 0.1) is 22.4 Å². The number of imidazole rings is 1. The van der Waals surface area contributed by atoms with Gasteiger partial charge in [-0.15, -0.1) is 0 Å². The average molecular weight is 1120 g/mol. The van der Waals surface area contributed by atoms with Crippen LogP contribution >= 0.6 is 0 Å². The molecule has 0 amide bonds. The van der Waals surface area contributed by atoms with Crippen molar-refractivity contribution in [1.29, 1.82) is 0 Å². The topological polar surface area (TPSA) is 54.3 Å². The first kappa shape index (κ1) is 54.5. The van der Waals surface area contributed by atoms with Crippen molar-refractivity contribution >= 4 is 44.9 Å². The zero-order valence-electron chi connectivity index (χ0n) is 51.3. The van der Waals surface area contributed by atoms with E-state index in [1.165, 1.54) is 16.7 Å². The summed E-state index contributed by atoms with van der Waals surface area (Å²) in [5.74, 6) is 5.70. The second-order valence-electron chi connectivity index (χ2n) is 27.6. The summed E-state index contributed by atoms with van der Waals surface area (Å²) in [6.07, 6.45) is 9.85. The van der Waals surface area contributed by atoms with Crippen LogP contribution in [0.4, 0.5) is 0 Å². The fraction of sp³-hybridized carbons (Fsp3) is 0.205. The molecule has 86 heavy (non-hydrogen) atoms. The molecule has 3 aromatic heterocycles. The molecule has 5 heterocycles. The lowest BCUT2D eigenvalue weighted by molar-refractivity contribution is -0.598. The first-order valence-electron chi connectivity index (χ1n) is 30.1. The van der Waals surface area contributed by atoms with Gasteiger partial charge in [0, 0.05) is 40.9 Å². The van der Waals surface area contributed by atoms with Crippen LogP contribution in [0.15, 0.2) is 213 Å². The van der Waals surface area contributed by atoms with Crippen molar-refractivity contribution < 1.29 is 18.8 Å². The van der Waals surface area contributed by atoms with Gasteiger partial charge in [0.2, 0.25) is 0 Å². The molecule has 12 aromatic rings. The molecule has 0 aliphatic carbocycles. The minimum absolute atomic E-state index is 0.0403. The number of pyridine rings is 1. The zero-order chi connectivity index (χ0) is 59.6. The Morgan fingerprint density at radius 2 is 1.05 bits per heavy atom. The summed E-state index contributed by atoms with van der Waals surface area (Å²) >= 11 is 0. The largest absolute Gasteiger partial charge is 0.458 e. The Balaban J connectivity index is 0.882. The lowest BCUT2D eigenvalue weighted by atomic mass is 9.34. The number of nitrogens with zero attached hydrogens (tertiary/aromatic N) is 4. The van der Waals surface area contributed by atoms with Gasteiger partial charge < -0.3 is 14.2 Å². The molecular formula is C78H71BN4O3. The molecule has 0 atom stereocenters. The molecule has 0 saturated carbocycles. The van der Waals surface area contributed by atoms with Crippen molar-refractivity contribution in [3.8, 4) is 85.1 Å². The molecule has 0 radical (unpaired) electrons. The molecular weight excluding hydrogens is 1050 g/mol. The Labute approximate surface area is 506 Å². The standard InChI is InChI=1S/C78H71BN4O3/c1-75(2,3)53-27-31-64-68(43-53)85-70-39-52(40-71-73(70)79(64)65-32-28-54(76(4,5)6)44-69(65)86-71)51-26-33-66-63(38-51)62-30-29-58(47-67(62)83(66)72-45-55(34-35-80-72)77(7,8)9)84-59-42-56(78(10,11)12)41-57(46-59)81-36-37-82(48-81)74-60(49-20-15-13-16-21-49)24-19-25-61(74)50-22-17-14-18-23-50/h13-47H,1-12H3. The van der Waals surface area contributed by atoms with Crippen molar-refractivity contribution in [3.63, 3.8) is 0 Å². The predicted octanol–water partition coefficient (Wildman–Crippen LogP) is 17.8. The number of ether oxygens (including phenoxy) is 3. The smallest absolute Gasteiger partial charge is 0.268 e. The summed E-state index contributed by atoms with van der Waals surface area (Å²) in [5, 5.41) is 2.17. The van der Waals surface area contributed by atoms with Gasteiger partial charge in [-0.25, -0.2) is 4.98 Å². The Hall–Kier alpha value is -9.40. The SMILES string of the molecule is CC(C)(C)c1cc(Oc2ccc3c4cc(-c5cc6c7c(c5)Oc5cc(C(C)(C)C)ccc5B7c5ccc(C(C)(C)C)cc5O6)ccc4n(-c4cc(C(C)(C)C)ccn4)c3c2)cc(-n2[c-][n+](-c3c(-c4ccccc4)cccc3-c3ccccc3)cc2)c1. The molecule has 14 rings (SSSR count). The molecule has 2 aliphatic rings. The van der Waals surface area contributed by atoms with Gasteiger partial charge in [-0.05, 0) is 167 Å². The highest BCUT2D eigenvalue weighted by Gasteiger charge is 2.41. The summed E-state index contributed by atoms with van der Waals surface area (Å²) in [6, 6.07) is 69.8. The maximum atomic E-state index is 7.09. The number of hydrogen-bond donors (Lipinski definition) is 0. The summed E-state index contributed by atoms with van der Waals surface area (Å²) in [5.41, 5.74) is 18.4. The van der Waals surface area contributed by atoms with Gasteiger partial charge >= 0.3 is 0 Å². The molecule has 2 aliphatic heterocycles.